The zero-order valence-corrected chi connectivity index (χ0v) is 11.7. The lowest BCUT2D eigenvalue weighted by Gasteiger charge is -2.17. The largest absolute Gasteiger partial charge is 0.391 e. The lowest BCUT2D eigenvalue weighted by molar-refractivity contribution is 0.127. The molecule has 0 radical (unpaired) electrons. The first-order chi connectivity index (χ1) is 8.77. The molecule has 2 nitrogen and oxygen atoms in total. The Hall–Kier alpha value is -0.860. The predicted octanol–water partition coefficient (Wildman–Crippen LogP) is 3.15. The van der Waals surface area contributed by atoms with Gasteiger partial charge in [0, 0.05) is 6.04 Å². The van der Waals surface area contributed by atoms with E-state index in [1.54, 1.807) is 0 Å². The second-order valence-electron chi connectivity index (χ2n) is 5.00. The van der Waals surface area contributed by atoms with Gasteiger partial charge in [-0.15, -0.1) is 0 Å². The number of hydrogen-bond acceptors (Lipinski definition) is 2. The maximum atomic E-state index is 9.95. The molecule has 2 unspecified atom stereocenters. The Morgan fingerprint density at radius 3 is 2.50 bits per heavy atom. The number of aryl methyl sites for hydroxylation is 1. The number of aliphatic hydroxyl groups excluding tert-OH is 1. The van der Waals surface area contributed by atoms with Gasteiger partial charge in [-0.1, -0.05) is 50.6 Å². The quantitative estimate of drug-likeness (QED) is 0.859. The Bertz CT molecular complexity index is 293. The van der Waals surface area contributed by atoms with Crippen LogP contribution in [0.25, 0.3) is 0 Å². The summed E-state index contributed by atoms with van der Waals surface area (Å²) >= 11 is 0. The molecule has 0 saturated carbocycles. The summed E-state index contributed by atoms with van der Waals surface area (Å²) in [6, 6.07) is 10.7. The van der Waals surface area contributed by atoms with Gasteiger partial charge in [-0.05, 0) is 37.8 Å². The van der Waals surface area contributed by atoms with Gasteiger partial charge in [-0.25, -0.2) is 0 Å². The number of rotatable bonds is 4. The van der Waals surface area contributed by atoms with Gasteiger partial charge in [-0.2, -0.15) is 0 Å². The van der Waals surface area contributed by atoms with E-state index in [1.165, 1.54) is 18.4 Å². The highest BCUT2D eigenvalue weighted by molar-refractivity contribution is 5.14. The third-order valence-corrected chi connectivity index (χ3v) is 3.13. The molecule has 102 valence electrons. The van der Waals surface area contributed by atoms with Gasteiger partial charge in [0.25, 0.3) is 0 Å². The summed E-state index contributed by atoms with van der Waals surface area (Å²) in [5.41, 5.74) is 1.31. The zero-order chi connectivity index (χ0) is 13.2. The first-order valence-corrected chi connectivity index (χ1v) is 7.23. The van der Waals surface area contributed by atoms with E-state index < -0.39 is 0 Å². The second-order valence-corrected chi connectivity index (χ2v) is 5.00. The highest BCUT2D eigenvalue weighted by atomic mass is 16.3. The topological polar surface area (TPSA) is 32.3 Å². The van der Waals surface area contributed by atoms with Crippen molar-refractivity contribution in [3.8, 4) is 0 Å². The molecule has 1 saturated heterocycles. The molecule has 2 heteroatoms. The summed E-state index contributed by atoms with van der Waals surface area (Å²) in [6.45, 7) is 5.31. The highest BCUT2D eigenvalue weighted by Gasteiger charge is 2.21. The fourth-order valence-electron chi connectivity index (χ4n) is 2.20. The minimum Gasteiger partial charge on any atom is -0.391 e. The van der Waals surface area contributed by atoms with Gasteiger partial charge in [0.05, 0.1) is 6.10 Å². The molecule has 1 aliphatic heterocycles. The number of nitrogens with one attached hydrogen (secondary N) is 1. The van der Waals surface area contributed by atoms with Crippen LogP contribution < -0.4 is 5.32 Å². The molecular weight excluding hydrogens is 222 g/mol. The van der Waals surface area contributed by atoms with Crippen LogP contribution in [0.15, 0.2) is 30.3 Å². The molecular formula is C16H27NO. The Morgan fingerprint density at radius 2 is 1.94 bits per heavy atom. The van der Waals surface area contributed by atoms with Crippen LogP contribution in [-0.2, 0) is 6.42 Å². The minimum absolute atomic E-state index is 0.187. The van der Waals surface area contributed by atoms with Crippen LogP contribution in [-0.4, -0.2) is 23.8 Å². The molecule has 18 heavy (non-hydrogen) atoms. The molecule has 1 fully saturated rings. The van der Waals surface area contributed by atoms with Gasteiger partial charge in [-0.3, -0.25) is 0 Å². The van der Waals surface area contributed by atoms with Crippen LogP contribution in [0.2, 0.25) is 0 Å². The average Bonchev–Trinajstić information content (AvgIpc) is 2.92. The number of hydrogen-bond donors (Lipinski definition) is 2. The van der Waals surface area contributed by atoms with Crippen molar-refractivity contribution in [3.63, 3.8) is 0 Å². The van der Waals surface area contributed by atoms with Gasteiger partial charge in [0.1, 0.15) is 0 Å². The standard InChI is InChI=1S/C13H19NO.C3H8/c15-13(12-7-4-10-14-12)9-8-11-5-2-1-3-6-11;1-3-2/h1-3,5-6,12-15H,4,7-10H2;3H2,1-2H3. The van der Waals surface area contributed by atoms with Crippen LogP contribution in [0, 0.1) is 0 Å². The van der Waals surface area contributed by atoms with Crippen LogP contribution in [0.1, 0.15) is 45.1 Å². The summed E-state index contributed by atoms with van der Waals surface area (Å²) in [6.07, 6.45) is 5.22. The molecule has 0 bridgehead atoms. The number of aliphatic hydroxyl groups is 1. The van der Waals surface area contributed by atoms with Crippen LogP contribution >= 0.6 is 0 Å². The molecule has 1 aromatic rings. The molecule has 2 atom stereocenters. The average molecular weight is 249 g/mol. The Labute approximate surface area is 111 Å². The van der Waals surface area contributed by atoms with Gasteiger partial charge in [0.2, 0.25) is 0 Å². The normalized spacial score (nSPS) is 20.1. The molecule has 2 rings (SSSR count). The van der Waals surface area contributed by atoms with E-state index in [-0.39, 0.29) is 6.10 Å². The summed E-state index contributed by atoms with van der Waals surface area (Å²) in [5.74, 6) is 0. The van der Waals surface area contributed by atoms with Crippen molar-refractivity contribution < 1.29 is 5.11 Å². The minimum atomic E-state index is -0.187. The SMILES string of the molecule is CCC.OC(CCc1ccccc1)C1CCCN1. The molecule has 0 spiro atoms. The molecule has 0 aromatic heterocycles. The lowest BCUT2D eigenvalue weighted by atomic mass is 10.0. The van der Waals surface area contributed by atoms with E-state index in [0.29, 0.717) is 6.04 Å². The molecule has 0 aliphatic carbocycles. The van der Waals surface area contributed by atoms with Crippen molar-refractivity contribution >= 4 is 0 Å². The molecule has 1 aromatic carbocycles. The maximum Gasteiger partial charge on any atom is 0.0696 e. The molecule has 1 heterocycles. The summed E-state index contributed by atoms with van der Waals surface area (Å²) < 4.78 is 0. The smallest absolute Gasteiger partial charge is 0.0696 e. The van der Waals surface area contributed by atoms with E-state index in [9.17, 15) is 5.11 Å². The molecule has 1 aliphatic rings. The summed E-state index contributed by atoms with van der Waals surface area (Å²) in [7, 11) is 0. The van der Waals surface area contributed by atoms with E-state index in [4.69, 9.17) is 0 Å². The Morgan fingerprint density at radius 1 is 1.28 bits per heavy atom. The second kappa shape index (κ2) is 9.12. The van der Waals surface area contributed by atoms with Crippen molar-refractivity contribution in [2.24, 2.45) is 0 Å². The Balaban J connectivity index is 0.000000492. The maximum absolute atomic E-state index is 9.95. The van der Waals surface area contributed by atoms with Crippen molar-refractivity contribution in [2.75, 3.05) is 6.54 Å². The van der Waals surface area contributed by atoms with Crippen LogP contribution in [0.3, 0.4) is 0 Å². The zero-order valence-electron chi connectivity index (χ0n) is 11.7. The highest BCUT2D eigenvalue weighted by Crippen LogP contribution is 2.14. The fourth-order valence-corrected chi connectivity index (χ4v) is 2.20. The van der Waals surface area contributed by atoms with Crippen LogP contribution in [0.5, 0.6) is 0 Å². The van der Waals surface area contributed by atoms with E-state index in [1.807, 2.05) is 6.07 Å². The van der Waals surface area contributed by atoms with Crippen molar-refractivity contribution in [1.29, 1.82) is 0 Å². The summed E-state index contributed by atoms with van der Waals surface area (Å²) in [5, 5.41) is 13.3. The van der Waals surface area contributed by atoms with E-state index in [0.717, 1.165) is 25.8 Å². The first kappa shape index (κ1) is 15.2. The summed E-state index contributed by atoms with van der Waals surface area (Å²) in [4.78, 5) is 0. The molecule has 2 N–H and O–H groups in total. The fraction of sp³-hybridized carbons (Fsp3) is 0.625. The third kappa shape index (κ3) is 5.65. The molecule has 0 amide bonds. The van der Waals surface area contributed by atoms with Crippen LogP contribution in [0.4, 0.5) is 0 Å². The van der Waals surface area contributed by atoms with Crippen molar-refractivity contribution in [2.45, 2.75) is 58.1 Å². The van der Waals surface area contributed by atoms with Crippen molar-refractivity contribution in [3.05, 3.63) is 35.9 Å². The Kier molecular flexibility index (Phi) is 7.70. The van der Waals surface area contributed by atoms with E-state index >= 15 is 0 Å². The third-order valence-electron chi connectivity index (χ3n) is 3.13. The predicted molar refractivity (Wildman–Crippen MR) is 77.8 cm³/mol. The van der Waals surface area contributed by atoms with E-state index in [2.05, 4.69) is 43.4 Å². The monoisotopic (exact) mass is 249 g/mol. The lowest BCUT2D eigenvalue weighted by Crippen LogP contribution is -2.34. The van der Waals surface area contributed by atoms with Gasteiger partial charge < -0.3 is 10.4 Å². The number of benzene rings is 1. The van der Waals surface area contributed by atoms with Crippen molar-refractivity contribution in [1.82, 2.24) is 5.32 Å². The van der Waals surface area contributed by atoms with Gasteiger partial charge >= 0.3 is 0 Å². The van der Waals surface area contributed by atoms with Gasteiger partial charge in [0.15, 0.2) is 0 Å². The first-order valence-electron chi connectivity index (χ1n) is 7.23.